The van der Waals surface area contributed by atoms with Gasteiger partial charge in [-0.25, -0.2) is 12.7 Å². The highest BCUT2D eigenvalue weighted by atomic mass is 32.2. The molecule has 0 unspecified atom stereocenters. The summed E-state index contributed by atoms with van der Waals surface area (Å²) in [6.07, 6.45) is 0.249. The number of rotatable bonds is 7. The molecular weight excluding hydrogens is 376 g/mol. The average Bonchev–Trinajstić information content (AvgIpc) is 3.08. The molecule has 0 bridgehead atoms. The number of carbonyl (C=O) groups is 1. The molecule has 6 nitrogen and oxygen atoms in total. The average molecular weight is 403 g/mol. The molecule has 2 atom stereocenters. The van der Waals surface area contributed by atoms with E-state index in [1.54, 1.807) is 0 Å². The highest BCUT2D eigenvalue weighted by Gasteiger charge is 2.34. The summed E-state index contributed by atoms with van der Waals surface area (Å²) in [5, 5.41) is 2.94. The predicted molar refractivity (Wildman–Crippen MR) is 109 cm³/mol. The molecule has 0 aliphatic carbocycles. The summed E-state index contributed by atoms with van der Waals surface area (Å²) in [4.78, 5) is 12.4. The Morgan fingerprint density at radius 3 is 2.32 bits per heavy atom. The summed E-state index contributed by atoms with van der Waals surface area (Å²) in [5.74, 6) is -0.400. The van der Waals surface area contributed by atoms with Gasteiger partial charge in [0.1, 0.15) is 0 Å². The number of sulfonamides is 1. The smallest absolute Gasteiger partial charge is 0.224 e. The monoisotopic (exact) mass is 402 g/mol. The molecule has 2 aromatic carbocycles. The van der Waals surface area contributed by atoms with E-state index >= 15 is 0 Å². The van der Waals surface area contributed by atoms with Crippen LogP contribution in [0.4, 0.5) is 0 Å². The highest BCUT2D eigenvalue weighted by molar-refractivity contribution is 7.89. The van der Waals surface area contributed by atoms with E-state index in [9.17, 15) is 13.2 Å². The number of hydrogen-bond acceptors (Lipinski definition) is 4. The molecule has 150 valence electrons. The van der Waals surface area contributed by atoms with Crippen molar-refractivity contribution in [2.24, 2.45) is 5.92 Å². The Kier molecular flexibility index (Phi) is 6.49. The standard InChI is InChI=1S/C21H26N2O4S/c1-23(2)28(25,26)15-19-13-27-14-20(19)22-21(24)12-16-8-10-18(11-9-16)17-6-4-3-5-7-17/h3-11,19-20H,12-15H2,1-2H3,(H,22,24)/t19-,20-/m0/s1. The third-order valence-corrected chi connectivity index (χ3v) is 6.91. The Morgan fingerprint density at radius 1 is 1.04 bits per heavy atom. The third-order valence-electron chi connectivity index (χ3n) is 4.95. The summed E-state index contributed by atoms with van der Waals surface area (Å²) in [5.41, 5.74) is 3.14. The molecule has 0 aromatic heterocycles. The molecule has 3 rings (SSSR count). The van der Waals surface area contributed by atoms with Crippen molar-refractivity contribution in [2.45, 2.75) is 12.5 Å². The van der Waals surface area contributed by atoms with Gasteiger partial charge in [0.25, 0.3) is 0 Å². The first-order valence-electron chi connectivity index (χ1n) is 9.27. The van der Waals surface area contributed by atoms with Gasteiger partial charge in [-0.2, -0.15) is 0 Å². The second-order valence-electron chi connectivity index (χ2n) is 7.27. The van der Waals surface area contributed by atoms with Gasteiger partial charge in [0.15, 0.2) is 0 Å². The molecule has 7 heteroatoms. The van der Waals surface area contributed by atoms with Crippen LogP contribution in [-0.2, 0) is 26.0 Å². The summed E-state index contributed by atoms with van der Waals surface area (Å²) >= 11 is 0. The van der Waals surface area contributed by atoms with Crippen LogP contribution in [0.25, 0.3) is 11.1 Å². The zero-order chi connectivity index (χ0) is 20.1. The Bertz CT molecular complexity index is 896. The number of carbonyl (C=O) groups excluding carboxylic acids is 1. The topological polar surface area (TPSA) is 75.7 Å². The van der Waals surface area contributed by atoms with Crippen molar-refractivity contribution in [2.75, 3.05) is 33.1 Å². The lowest BCUT2D eigenvalue weighted by Gasteiger charge is -2.21. The van der Waals surface area contributed by atoms with Gasteiger partial charge in [0.2, 0.25) is 15.9 Å². The Hall–Kier alpha value is -2.22. The van der Waals surface area contributed by atoms with Gasteiger partial charge in [-0.1, -0.05) is 54.6 Å². The molecule has 1 fully saturated rings. The quantitative estimate of drug-likeness (QED) is 0.768. The van der Waals surface area contributed by atoms with Crippen LogP contribution in [0.3, 0.4) is 0 Å². The predicted octanol–water partition coefficient (Wildman–Crippen LogP) is 1.92. The largest absolute Gasteiger partial charge is 0.379 e. The van der Waals surface area contributed by atoms with Crippen LogP contribution in [0.1, 0.15) is 5.56 Å². The lowest BCUT2D eigenvalue weighted by Crippen LogP contribution is -2.44. The Balaban J connectivity index is 1.57. The fraction of sp³-hybridized carbons (Fsp3) is 0.381. The summed E-state index contributed by atoms with van der Waals surface area (Å²) < 4.78 is 30.9. The maximum absolute atomic E-state index is 12.4. The number of hydrogen-bond donors (Lipinski definition) is 1. The lowest BCUT2D eigenvalue weighted by atomic mass is 10.0. The first-order valence-corrected chi connectivity index (χ1v) is 10.9. The second kappa shape index (κ2) is 8.86. The number of benzene rings is 2. The van der Waals surface area contributed by atoms with E-state index in [4.69, 9.17) is 4.74 Å². The van der Waals surface area contributed by atoms with Crippen molar-refractivity contribution in [1.82, 2.24) is 9.62 Å². The SMILES string of the molecule is CN(C)S(=O)(=O)C[C@@H]1COC[C@@H]1NC(=O)Cc1ccc(-c2ccccc2)cc1. The van der Waals surface area contributed by atoms with Crippen molar-refractivity contribution in [1.29, 1.82) is 0 Å². The molecule has 1 amide bonds. The van der Waals surface area contributed by atoms with Gasteiger partial charge < -0.3 is 10.1 Å². The molecule has 1 heterocycles. The van der Waals surface area contributed by atoms with Crippen molar-refractivity contribution in [3.05, 3.63) is 60.2 Å². The maximum atomic E-state index is 12.4. The van der Waals surface area contributed by atoms with Crippen LogP contribution in [-0.4, -0.2) is 57.7 Å². The van der Waals surface area contributed by atoms with Gasteiger partial charge in [-0.3, -0.25) is 4.79 Å². The number of ether oxygens (including phenoxy) is 1. The minimum Gasteiger partial charge on any atom is -0.379 e. The van der Waals surface area contributed by atoms with E-state index < -0.39 is 10.0 Å². The van der Waals surface area contributed by atoms with Crippen LogP contribution in [0.2, 0.25) is 0 Å². The molecule has 1 N–H and O–H groups in total. The summed E-state index contributed by atoms with van der Waals surface area (Å²) in [7, 11) is -0.315. The highest BCUT2D eigenvalue weighted by Crippen LogP contribution is 2.20. The van der Waals surface area contributed by atoms with E-state index in [0.717, 1.165) is 16.7 Å². The lowest BCUT2D eigenvalue weighted by molar-refractivity contribution is -0.121. The molecule has 2 aromatic rings. The molecule has 0 saturated carbocycles. The fourth-order valence-electron chi connectivity index (χ4n) is 3.23. The minimum atomic E-state index is -3.34. The van der Waals surface area contributed by atoms with Crippen molar-refractivity contribution < 1.29 is 17.9 Å². The van der Waals surface area contributed by atoms with E-state index in [1.807, 2.05) is 54.6 Å². The Labute approximate surface area is 166 Å². The van der Waals surface area contributed by atoms with Gasteiger partial charge in [-0.15, -0.1) is 0 Å². The summed E-state index contributed by atoms with van der Waals surface area (Å²) in [6.45, 7) is 0.677. The normalized spacial score (nSPS) is 19.7. The van der Waals surface area contributed by atoms with Crippen LogP contribution >= 0.6 is 0 Å². The Morgan fingerprint density at radius 2 is 1.68 bits per heavy atom. The minimum absolute atomic E-state index is 0.0310. The molecule has 28 heavy (non-hydrogen) atoms. The fourth-order valence-corrected chi connectivity index (χ4v) is 4.40. The summed E-state index contributed by atoms with van der Waals surface area (Å²) in [6, 6.07) is 17.7. The third kappa shape index (κ3) is 5.19. The molecule has 1 aliphatic heterocycles. The van der Waals surface area contributed by atoms with Crippen molar-refractivity contribution in [3.63, 3.8) is 0 Å². The maximum Gasteiger partial charge on any atom is 0.224 e. The number of nitrogens with one attached hydrogen (secondary N) is 1. The zero-order valence-corrected chi connectivity index (χ0v) is 17.0. The van der Waals surface area contributed by atoms with Gasteiger partial charge in [0, 0.05) is 20.0 Å². The number of nitrogens with zero attached hydrogens (tertiary/aromatic N) is 1. The van der Waals surface area contributed by atoms with Crippen LogP contribution in [0.5, 0.6) is 0 Å². The molecule has 0 radical (unpaired) electrons. The van der Waals surface area contributed by atoms with Crippen LogP contribution < -0.4 is 5.32 Å². The zero-order valence-electron chi connectivity index (χ0n) is 16.2. The molecule has 1 saturated heterocycles. The molecule has 0 spiro atoms. The van der Waals surface area contributed by atoms with Crippen LogP contribution in [0, 0.1) is 5.92 Å². The van der Waals surface area contributed by atoms with E-state index in [1.165, 1.54) is 18.4 Å². The van der Waals surface area contributed by atoms with E-state index in [0.29, 0.717) is 13.2 Å². The van der Waals surface area contributed by atoms with E-state index in [2.05, 4.69) is 5.32 Å². The van der Waals surface area contributed by atoms with Gasteiger partial charge >= 0.3 is 0 Å². The second-order valence-corrected chi connectivity index (χ2v) is 9.50. The van der Waals surface area contributed by atoms with Crippen molar-refractivity contribution in [3.8, 4) is 11.1 Å². The van der Waals surface area contributed by atoms with Crippen LogP contribution in [0.15, 0.2) is 54.6 Å². The van der Waals surface area contributed by atoms with Gasteiger partial charge in [0.05, 0.1) is 31.4 Å². The number of amides is 1. The first kappa shape index (κ1) is 20.5. The van der Waals surface area contributed by atoms with Crippen molar-refractivity contribution >= 4 is 15.9 Å². The first-order chi connectivity index (χ1) is 13.3. The molecular formula is C21H26N2O4S. The van der Waals surface area contributed by atoms with Gasteiger partial charge in [-0.05, 0) is 16.7 Å². The van der Waals surface area contributed by atoms with E-state index in [-0.39, 0.29) is 30.0 Å². The molecule has 1 aliphatic rings.